The normalized spacial score (nSPS) is 10.7. The number of nitrogens with zero attached hydrogens (tertiary/aromatic N) is 2. The molecule has 0 unspecified atom stereocenters. The van der Waals surface area contributed by atoms with E-state index in [2.05, 4.69) is 15.6 Å². The van der Waals surface area contributed by atoms with Gasteiger partial charge in [0.1, 0.15) is 11.4 Å². The summed E-state index contributed by atoms with van der Waals surface area (Å²) < 4.78 is 1.48. The van der Waals surface area contributed by atoms with E-state index >= 15 is 0 Å². The van der Waals surface area contributed by atoms with E-state index in [-0.39, 0.29) is 17.0 Å². The highest BCUT2D eigenvalue weighted by molar-refractivity contribution is 7.20. The van der Waals surface area contributed by atoms with Crippen LogP contribution >= 0.6 is 11.3 Å². The van der Waals surface area contributed by atoms with E-state index in [1.165, 1.54) is 10.9 Å². The maximum absolute atomic E-state index is 12.9. The van der Waals surface area contributed by atoms with E-state index in [1.807, 2.05) is 30.3 Å². The van der Waals surface area contributed by atoms with Crippen molar-refractivity contribution in [2.24, 2.45) is 0 Å². The second-order valence-corrected chi connectivity index (χ2v) is 7.25. The number of amides is 2. The van der Waals surface area contributed by atoms with Crippen LogP contribution in [-0.4, -0.2) is 45.5 Å². The largest absolute Gasteiger partial charge is 0.480 e. The Kier molecular flexibility index (Phi) is 6.03. The Morgan fingerprint density at radius 2 is 1.86 bits per heavy atom. The first kappa shape index (κ1) is 20.2. The van der Waals surface area contributed by atoms with Crippen molar-refractivity contribution in [2.45, 2.75) is 13.5 Å². The fourth-order valence-corrected chi connectivity index (χ4v) is 3.80. The van der Waals surface area contributed by atoms with Crippen molar-refractivity contribution < 1.29 is 19.5 Å². The molecule has 2 aromatic heterocycles. The number of aliphatic carboxylic acids is 1. The fourth-order valence-electron chi connectivity index (χ4n) is 2.75. The molecule has 0 saturated heterocycles. The van der Waals surface area contributed by atoms with Crippen molar-refractivity contribution in [3.63, 3.8) is 0 Å². The smallest absolute Gasteiger partial charge is 0.322 e. The molecule has 0 spiro atoms. The summed E-state index contributed by atoms with van der Waals surface area (Å²) in [6.45, 7) is 1.13. The molecule has 0 aliphatic rings. The highest BCUT2D eigenvalue weighted by atomic mass is 32.1. The molecule has 150 valence electrons. The van der Waals surface area contributed by atoms with E-state index in [4.69, 9.17) is 5.11 Å². The van der Waals surface area contributed by atoms with Gasteiger partial charge in [-0.3, -0.25) is 23.7 Å². The van der Waals surface area contributed by atoms with Gasteiger partial charge in [0.2, 0.25) is 5.91 Å². The Labute approximate surface area is 169 Å². The lowest BCUT2D eigenvalue weighted by Gasteiger charge is -2.06. The van der Waals surface area contributed by atoms with Gasteiger partial charge in [-0.2, -0.15) is 0 Å². The molecule has 0 saturated carbocycles. The summed E-state index contributed by atoms with van der Waals surface area (Å²) >= 11 is 1.07. The minimum Gasteiger partial charge on any atom is -0.480 e. The number of benzene rings is 1. The van der Waals surface area contributed by atoms with Crippen molar-refractivity contribution in [2.75, 3.05) is 13.1 Å². The summed E-state index contributed by atoms with van der Waals surface area (Å²) in [6, 6.07) is 9.48. The molecule has 3 aromatic rings. The Hall–Kier alpha value is -3.53. The molecule has 3 N–H and O–H groups in total. The number of carboxylic acid groups (broad SMARTS) is 1. The average molecular weight is 414 g/mol. The number of aromatic nitrogens is 2. The lowest BCUT2D eigenvalue weighted by Crippen LogP contribution is -2.38. The van der Waals surface area contributed by atoms with Crippen molar-refractivity contribution in [1.29, 1.82) is 0 Å². The number of carbonyl (C=O) groups is 3. The van der Waals surface area contributed by atoms with Gasteiger partial charge < -0.3 is 15.7 Å². The van der Waals surface area contributed by atoms with Crippen LogP contribution in [0.3, 0.4) is 0 Å². The van der Waals surface area contributed by atoms with Crippen LogP contribution in [0.1, 0.15) is 20.8 Å². The predicted octanol–water partition coefficient (Wildman–Crippen LogP) is 0.745. The predicted molar refractivity (Wildman–Crippen MR) is 107 cm³/mol. The molecular formula is C19H18N4O5S. The van der Waals surface area contributed by atoms with Gasteiger partial charge in [-0.05, 0) is 18.1 Å². The van der Waals surface area contributed by atoms with E-state index in [9.17, 15) is 19.2 Å². The third-order valence-electron chi connectivity index (χ3n) is 4.17. The molecule has 0 radical (unpaired) electrons. The summed E-state index contributed by atoms with van der Waals surface area (Å²) in [5.41, 5.74) is 1.20. The molecule has 2 heterocycles. The summed E-state index contributed by atoms with van der Waals surface area (Å²) in [5.74, 6) is -2.32. The number of thiophene rings is 1. The Morgan fingerprint density at radius 3 is 2.55 bits per heavy atom. The van der Waals surface area contributed by atoms with Crippen LogP contribution in [0, 0.1) is 6.92 Å². The summed E-state index contributed by atoms with van der Waals surface area (Å²) in [4.78, 5) is 52.3. The van der Waals surface area contributed by atoms with Crippen molar-refractivity contribution in [3.8, 4) is 0 Å². The number of carbonyl (C=O) groups excluding carboxylic acids is 2. The first-order valence-corrected chi connectivity index (χ1v) is 9.47. The Bertz CT molecular complexity index is 1140. The summed E-state index contributed by atoms with van der Waals surface area (Å²) in [6.07, 6.45) is 1.45. The van der Waals surface area contributed by atoms with Crippen LogP contribution in [0.4, 0.5) is 0 Å². The standard InChI is InChI=1S/C19H18N4O5S/c1-11-15-18(22-10-23(19(15)28)9-12-5-3-2-4-6-12)29-16(11)17(27)21-7-13(24)20-8-14(25)26/h2-6,10H,7-9H2,1H3,(H,20,24)(H,21,27)(H,25,26). The second kappa shape index (κ2) is 8.65. The van der Waals surface area contributed by atoms with Crippen LogP contribution in [0.15, 0.2) is 41.5 Å². The number of nitrogens with one attached hydrogen (secondary N) is 2. The molecule has 0 aliphatic carbocycles. The highest BCUT2D eigenvalue weighted by Crippen LogP contribution is 2.26. The molecule has 29 heavy (non-hydrogen) atoms. The zero-order valence-electron chi connectivity index (χ0n) is 15.5. The number of hydrogen-bond acceptors (Lipinski definition) is 6. The number of rotatable bonds is 7. The first-order chi connectivity index (χ1) is 13.9. The lowest BCUT2D eigenvalue weighted by molar-refractivity contribution is -0.137. The number of aryl methyl sites for hydroxylation is 1. The monoisotopic (exact) mass is 414 g/mol. The lowest BCUT2D eigenvalue weighted by atomic mass is 10.2. The van der Waals surface area contributed by atoms with Gasteiger partial charge in [-0.25, -0.2) is 4.98 Å². The molecule has 0 bridgehead atoms. The van der Waals surface area contributed by atoms with E-state index in [0.29, 0.717) is 22.3 Å². The SMILES string of the molecule is Cc1c(C(=O)NCC(=O)NCC(=O)O)sc2ncn(Cc3ccccc3)c(=O)c12. The van der Waals surface area contributed by atoms with Crippen LogP contribution in [0.25, 0.3) is 10.2 Å². The maximum Gasteiger partial charge on any atom is 0.322 e. The van der Waals surface area contributed by atoms with Crippen LogP contribution in [0.5, 0.6) is 0 Å². The minimum atomic E-state index is -1.18. The van der Waals surface area contributed by atoms with Gasteiger partial charge in [0.15, 0.2) is 0 Å². The number of fused-ring (bicyclic) bond motifs is 1. The van der Waals surface area contributed by atoms with Gasteiger partial charge >= 0.3 is 5.97 Å². The minimum absolute atomic E-state index is 0.245. The molecule has 10 heteroatoms. The third kappa shape index (κ3) is 4.66. The van der Waals surface area contributed by atoms with E-state index in [0.717, 1.165) is 16.9 Å². The quantitative estimate of drug-likeness (QED) is 0.523. The van der Waals surface area contributed by atoms with Crippen molar-refractivity contribution >= 4 is 39.3 Å². The summed E-state index contributed by atoms with van der Waals surface area (Å²) in [5, 5.41) is 13.5. The zero-order valence-corrected chi connectivity index (χ0v) is 16.3. The van der Waals surface area contributed by atoms with Gasteiger partial charge in [0.25, 0.3) is 11.5 Å². The van der Waals surface area contributed by atoms with Gasteiger partial charge in [0, 0.05) is 0 Å². The van der Waals surface area contributed by atoms with Gasteiger partial charge in [0.05, 0.1) is 29.7 Å². The van der Waals surface area contributed by atoms with E-state index < -0.39 is 24.3 Å². The van der Waals surface area contributed by atoms with E-state index in [1.54, 1.807) is 6.92 Å². The zero-order chi connectivity index (χ0) is 21.0. The van der Waals surface area contributed by atoms with Crippen LogP contribution in [0.2, 0.25) is 0 Å². The van der Waals surface area contributed by atoms with Crippen LogP contribution in [-0.2, 0) is 16.1 Å². The highest BCUT2D eigenvalue weighted by Gasteiger charge is 2.20. The molecular weight excluding hydrogens is 396 g/mol. The first-order valence-electron chi connectivity index (χ1n) is 8.66. The summed E-state index contributed by atoms with van der Waals surface area (Å²) in [7, 11) is 0. The topological polar surface area (TPSA) is 130 Å². The molecule has 1 aromatic carbocycles. The Morgan fingerprint density at radius 1 is 1.14 bits per heavy atom. The molecule has 0 aliphatic heterocycles. The third-order valence-corrected chi connectivity index (χ3v) is 5.36. The van der Waals surface area contributed by atoms with Gasteiger partial charge in [-0.1, -0.05) is 30.3 Å². The average Bonchev–Trinajstić information content (AvgIpc) is 3.04. The molecule has 9 nitrogen and oxygen atoms in total. The maximum atomic E-state index is 12.9. The molecule has 0 fully saturated rings. The van der Waals surface area contributed by atoms with Gasteiger partial charge in [-0.15, -0.1) is 11.3 Å². The molecule has 3 rings (SSSR count). The number of carboxylic acids is 1. The van der Waals surface area contributed by atoms with Crippen molar-refractivity contribution in [3.05, 3.63) is 63.0 Å². The van der Waals surface area contributed by atoms with Crippen LogP contribution < -0.4 is 16.2 Å². The Balaban J connectivity index is 1.80. The fraction of sp³-hybridized carbons (Fsp3) is 0.211. The molecule has 0 atom stereocenters. The van der Waals surface area contributed by atoms with Crippen molar-refractivity contribution in [1.82, 2.24) is 20.2 Å². The molecule has 2 amide bonds. The number of hydrogen-bond donors (Lipinski definition) is 3. The second-order valence-electron chi connectivity index (χ2n) is 6.25.